The molecule has 0 saturated heterocycles. The Morgan fingerprint density at radius 3 is 2.75 bits per heavy atom. The third kappa shape index (κ3) is 2.96. The predicted molar refractivity (Wildman–Crippen MR) is 38.4 cm³/mol. The molecule has 54 valence electrons. The van der Waals surface area contributed by atoms with E-state index in [1.807, 2.05) is 6.07 Å². The van der Waals surface area contributed by atoms with Gasteiger partial charge in [-0.2, -0.15) is 5.26 Å². The standard InChI is InChI=1S/C6H4N4O.Na/c7-3-5-1-2-6(8-4-5)9-10-11;/h1-2,4H,(H,8,9,11);/q;+1. The molecule has 0 atom stereocenters. The molecule has 1 aromatic heterocycles. The molecule has 0 aliphatic heterocycles. The fraction of sp³-hybridized carbons (Fsp3) is 0. The van der Waals surface area contributed by atoms with Crippen LogP contribution in [0.5, 0.6) is 0 Å². The number of nitriles is 1. The van der Waals surface area contributed by atoms with Crippen molar-refractivity contribution < 1.29 is 29.6 Å². The number of nitroso groups, excluding NO2 is 1. The molecule has 0 radical (unpaired) electrons. The number of hydrogen-bond acceptors (Lipinski definition) is 4. The zero-order chi connectivity index (χ0) is 8.10. The van der Waals surface area contributed by atoms with Crippen molar-refractivity contribution in [3.63, 3.8) is 0 Å². The molecule has 1 rings (SSSR count). The van der Waals surface area contributed by atoms with Gasteiger partial charge in [0.1, 0.15) is 11.9 Å². The molecule has 0 saturated carbocycles. The Hall–Kier alpha value is -0.960. The Labute approximate surface area is 91.0 Å². The SMILES string of the molecule is N#Cc1ccc(NN=O)nc1.[Na+]. The Morgan fingerprint density at radius 1 is 1.58 bits per heavy atom. The van der Waals surface area contributed by atoms with Crippen molar-refractivity contribution in [1.29, 1.82) is 5.26 Å². The third-order valence-electron chi connectivity index (χ3n) is 1.05. The van der Waals surface area contributed by atoms with Gasteiger partial charge < -0.3 is 0 Å². The van der Waals surface area contributed by atoms with Crippen LogP contribution in [-0.4, -0.2) is 4.98 Å². The van der Waals surface area contributed by atoms with Crippen molar-refractivity contribution in [1.82, 2.24) is 4.98 Å². The molecule has 1 N–H and O–H groups in total. The fourth-order valence-electron chi connectivity index (χ4n) is 0.573. The van der Waals surface area contributed by atoms with Crippen LogP contribution in [0.2, 0.25) is 0 Å². The third-order valence-corrected chi connectivity index (χ3v) is 1.05. The van der Waals surface area contributed by atoms with E-state index in [1.165, 1.54) is 12.3 Å². The van der Waals surface area contributed by atoms with E-state index in [1.54, 1.807) is 6.07 Å². The zero-order valence-corrected chi connectivity index (χ0v) is 8.48. The number of nitrogens with zero attached hydrogens (tertiary/aromatic N) is 3. The van der Waals surface area contributed by atoms with Crippen LogP contribution in [0.15, 0.2) is 23.6 Å². The molecule has 12 heavy (non-hydrogen) atoms. The van der Waals surface area contributed by atoms with Crippen molar-refractivity contribution in [3.8, 4) is 6.07 Å². The van der Waals surface area contributed by atoms with Crippen LogP contribution in [0.3, 0.4) is 0 Å². The monoisotopic (exact) mass is 171 g/mol. The van der Waals surface area contributed by atoms with Crippen LogP contribution in [0.25, 0.3) is 0 Å². The summed E-state index contributed by atoms with van der Waals surface area (Å²) >= 11 is 0. The number of nitrogens with one attached hydrogen (secondary N) is 1. The van der Waals surface area contributed by atoms with Gasteiger partial charge in [-0.1, -0.05) is 0 Å². The normalized spacial score (nSPS) is 7.58. The molecule has 0 spiro atoms. The first-order valence-electron chi connectivity index (χ1n) is 2.81. The molecule has 1 aromatic rings. The van der Waals surface area contributed by atoms with Crippen molar-refractivity contribution in [2.24, 2.45) is 5.29 Å². The first-order chi connectivity index (χ1) is 5.36. The molecule has 0 aliphatic carbocycles. The Morgan fingerprint density at radius 2 is 2.33 bits per heavy atom. The molecule has 6 heteroatoms. The Bertz CT molecular complexity index is 291. The molecule has 5 nitrogen and oxygen atoms in total. The van der Waals surface area contributed by atoms with Gasteiger partial charge in [-0.25, -0.2) is 10.4 Å². The number of rotatable bonds is 2. The van der Waals surface area contributed by atoms with Gasteiger partial charge in [0.15, 0.2) is 0 Å². The van der Waals surface area contributed by atoms with E-state index in [-0.39, 0.29) is 29.6 Å². The maximum Gasteiger partial charge on any atom is 1.00 e. The molecule has 0 bridgehead atoms. The average molecular weight is 171 g/mol. The zero-order valence-electron chi connectivity index (χ0n) is 6.48. The van der Waals surface area contributed by atoms with Crippen LogP contribution in [0.1, 0.15) is 5.56 Å². The molecule has 0 fully saturated rings. The van der Waals surface area contributed by atoms with Crippen LogP contribution < -0.4 is 35.0 Å². The Kier molecular flexibility index (Phi) is 5.21. The molecule has 1 heterocycles. The molecular formula is C6H4N4NaO+. The van der Waals surface area contributed by atoms with Crippen LogP contribution >= 0.6 is 0 Å². The summed E-state index contributed by atoms with van der Waals surface area (Å²) in [5.41, 5.74) is 2.55. The van der Waals surface area contributed by atoms with E-state index in [0.29, 0.717) is 11.4 Å². The van der Waals surface area contributed by atoms with Gasteiger partial charge in [0.2, 0.25) is 0 Å². The summed E-state index contributed by atoms with van der Waals surface area (Å²) < 4.78 is 0. The number of hydrogen-bond donors (Lipinski definition) is 1. The first kappa shape index (κ1) is 11.0. The summed E-state index contributed by atoms with van der Waals surface area (Å²) in [7, 11) is 0. The summed E-state index contributed by atoms with van der Waals surface area (Å²) in [5.74, 6) is 0.332. The quantitative estimate of drug-likeness (QED) is 0.318. The number of pyridine rings is 1. The summed E-state index contributed by atoms with van der Waals surface area (Å²) in [5, 5.41) is 10.8. The second kappa shape index (κ2) is 5.66. The maximum absolute atomic E-state index is 9.66. The van der Waals surface area contributed by atoms with E-state index in [0.717, 1.165) is 0 Å². The van der Waals surface area contributed by atoms with Gasteiger partial charge >= 0.3 is 29.6 Å². The van der Waals surface area contributed by atoms with Gasteiger partial charge in [-0.3, -0.25) is 0 Å². The van der Waals surface area contributed by atoms with Gasteiger partial charge in [-0.05, 0) is 12.1 Å². The smallest absolute Gasteiger partial charge is 0.236 e. The molecule has 0 aromatic carbocycles. The van der Waals surface area contributed by atoms with Crippen molar-refractivity contribution >= 4 is 5.82 Å². The molecular weight excluding hydrogens is 167 g/mol. The molecule has 0 aliphatic rings. The van der Waals surface area contributed by atoms with E-state index in [4.69, 9.17) is 5.26 Å². The maximum atomic E-state index is 9.66. The summed E-state index contributed by atoms with van der Waals surface area (Å²) in [6.45, 7) is 0. The second-order valence-electron chi connectivity index (χ2n) is 1.75. The predicted octanol–water partition coefficient (Wildman–Crippen LogP) is -1.95. The molecule has 0 unspecified atom stereocenters. The van der Waals surface area contributed by atoms with Gasteiger partial charge in [-0.15, -0.1) is 4.91 Å². The van der Waals surface area contributed by atoms with E-state index in [2.05, 4.69) is 15.7 Å². The minimum atomic E-state index is 0. The number of aromatic nitrogens is 1. The second-order valence-corrected chi connectivity index (χ2v) is 1.75. The summed E-state index contributed by atoms with van der Waals surface area (Å²) in [6, 6.07) is 4.94. The van der Waals surface area contributed by atoms with Crippen molar-refractivity contribution in [2.75, 3.05) is 5.43 Å². The average Bonchev–Trinajstić information content (AvgIpc) is 2.07. The van der Waals surface area contributed by atoms with Crippen LogP contribution in [0.4, 0.5) is 5.82 Å². The van der Waals surface area contributed by atoms with Gasteiger partial charge in [0.05, 0.1) is 10.8 Å². The summed E-state index contributed by atoms with van der Waals surface area (Å²) in [6.07, 6.45) is 1.35. The topological polar surface area (TPSA) is 78.1 Å². The fourth-order valence-corrected chi connectivity index (χ4v) is 0.573. The minimum Gasteiger partial charge on any atom is -0.236 e. The Balaban J connectivity index is 0.00000121. The van der Waals surface area contributed by atoms with Gasteiger partial charge in [0.25, 0.3) is 0 Å². The number of anilines is 1. The minimum absolute atomic E-state index is 0. The van der Waals surface area contributed by atoms with Crippen LogP contribution in [0, 0.1) is 16.2 Å². The summed E-state index contributed by atoms with van der Waals surface area (Å²) in [4.78, 5) is 13.4. The molecule has 0 amide bonds. The first-order valence-corrected chi connectivity index (χ1v) is 2.81. The van der Waals surface area contributed by atoms with Crippen molar-refractivity contribution in [3.05, 3.63) is 28.8 Å². The van der Waals surface area contributed by atoms with Crippen molar-refractivity contribution in [2.45, 2.75) is 0 Å². The van der Waals surface area contributed by atoms with E-state index < -0.39 is 0 Å². The van der Waals surface area contributed by atoms with Crippen LogP contribution in [-0.2, 0) is 0 Å². The van der Waals surface area contributed by atoms with E-state index >= 15 is 0 Å². The largest absolute Gasteiger partial charge is 1.00 e. The van der Waals surface area contributed by atoms with Gasteiger partial charge in [0, 0.05) is 6.20 Å². The van der Waals surface area contributed by atoms with E-state index in [9.17, 15) is 4.91 Å².